The molecule has 0 aliphatic carbocycles. The average Bonchev–Trinajstić information content (AvgIpc) is 2.50. The van der Waals surface area contributed by atoms with E-state index >= 15 is 0 Å². The number of hydrogen-bond donors (Lipinski definition) is 0. The lowest BCUT2D eigenvalue weighted by Crippen LogP contribution is -2.10. The minimum atomic E-state index is -6.00. The van der Waals surface area contributed by atoms with E-state index in [4.69, 9.17) is 0 Å². The zero-order valence-corrected chi connectivity index (χ0v) is 15.5. The molecule has 2 aromatic carbocycles. The summed E-state index contributed by atoms with van der Waals surface area (Å²) in [5.41, 5.74) is 5.78. The summed E-state index contributed by atoms with van der Waals surface area (Å²) in [7, 11) is -5.80. The fraction of sp³-hybridized carbons (Fsp3) is 0.333. The van der Waals surface area contributed by atoms with Gasteiger partial charge in [-0.15, -0.1) is 0 Å². The Morgan fingerprint density at radius 1 is 0.833 bits per heavy atom. The molecule has 0 spiro atoms. The predicted octanol–water partition coefficient (Wildman–Crippen LogP) is 6.28. The third-order valence-electron chi connectivity index (χ3n) is 4.02. The van der Waals surface area contributed by atoms with Gasteiger partial charge in [-0.2, -0.15) is 0 Å². The number of aryl methyl sites for hydroxylation is 1. The Bertz CT molecular complexity index is 663. The molecule has 0 saturated heterocycles. The van der Waals surface area contributed by atoms with Crippen LogP contribution < -0.4 is 0 Å². The largest absolute Gasteiger partial charge is 0.673 e. The van der Waals surface area contributed by atoms with Crippen molar-refractivity contribution in [3.8, 4) is 0 Å². The Morgan fingerprint density at radius 3 is 1.79 bits per heavy atom. The van der Waals surface area contributed by atoms with Crippen molar-refractivity contribution in [2.75, 3.05) is 5.75 Å². The first kappa shape index (κ1) is 20.6. The Hall–Kier alpha value is -1.43. The van der Waals surface area contributed by atoms with Crippen LogP contribution in [-0.4, -0.2) is 13.0 Å². The minimum absolute atomic E-state index is 0.201. The highest BCUT2D eigenvalue weighted by atomic mass is 32.2. The van der Waals surface area contributed by atoms with Crippen molar-refractivity contribution in [1.82, 2.24) is 0 Å². The van der Waals surface area contributed by atoms with E-state index in [1.54, 1.807) is 0 Å². The van der Waals surface area contributed by atoms with E-state index in [1.165, 1.54) is 37.8 Å². The SMILES string of the molecule is CC[S+](c1ccccc1)c1cc(C)c(C)c(C)c1C.F[B-](F)(F)F. The molecule has 6 heteroatoms. The van der Waals surface area contributed by atoms with Crippen molar-refractivity contribution in [3.63, 3.8) is 0 Å². The molecule has 2 rings (SSSR count). The monoisotopic (exact) mass is 358 g/mol. The second-order valence-electron chi connectivity index (χ2n) is 5.55. The van der Waals surface area contributed by atoms with E-state index in [0.29, 0.717) is 0 Å². The van der Waals surface area contributed by atoms with E-state index in [-0.39, 0.29) is 10.9 Å². The number of hydrogen-bond acceptors (Lipinski definition) is 0. The lowest BCUT2D eigenvalue weighted by atomic mass is 10.00. The van der Waals surface area contributed by atoms with Gasteiger partial charge in [0.1, 0.15) is 5.75 Å². The molecule has 0 aliphatic heterocycles. The molecular weight excluding hydrogens is 335 g/mol. The summed E-state index contributed by atoms with van der Waals surface area (Å²) in [6.07, 6.45) is 0. The predicted molar refractivity (Wildman–Crippen MR) is 96.5 cm³/mol. The third-order valence-corrected chi connectivity index (χ3v) is 6.39. The van der Waals surface area contributed by atoms with Gasteiger partial charge < -0.3 is 17.3 Å². The molecule has 0 saturated carbocycles. The van der Waals surface area contributed by atoms with Crippen LogP contribution in [-0.2, 0) is 10.9 Å². The van der Waals surface area contributed by atoms with Gasteiger partial charge in [0.15, 0.2) is 9.79 Å². The maximum Gasteiger partial charge on any atom is 0.673 e. The smallest absolute Gasteiger partial charge is 0.418 e. The van der Waals surface area contributed by atoms with Gasteiger partial charge in [-0.1, -0.05) is 18.2 Å². The van der Waals surface area contributed by atoms with Crippen LogP contribution in [0.2, 0.25) is 0 Å². The van der Waals surface area contributed by atoms with E-state index < -0.39 is 7.25 Å². The molecule has 1 unspecified atom stereocenters. The first-order valence-corrected chi connectivity index (χ1v) is 9.16. The van der Waals surface area contributed by atoms with Crippen molar-refractivity contribution in [2.24, 2.45) is 0 Å². The summed E-state index contributed by atoms with van der Waals surface area (Å²) < 4.78 is 39.0. The van der Waals surface area contributed by atoms with E-state index in [9.17, 15) is 17.3 Å². The van der Waals surface area contributed by atoms with Crippen molar-refractivity contribution in [3.05, 3.63) is 58.7 Å². The lowest BCUT2D eigenvalue weighted by molar-refractivity contribution is 0.368. The normalized spacial score (nSPS) is 12.4. The first-order chi connectivity index (χ1) is 11.1. The molecule has 0 heterocycles. The highest BCUT2D eigenvalue weighted by molar-refractivity contribution is 7.97. The number of rotatable bonds is 3. The quantitative estimate of drug-likeness (QED) is 0.344. The average molecular weight is 358 g/mol. The summed E-state index contributed by atoms with van der Waals surface area (Å²) >= 11 is 0. The van der Waals surface area contributed by atoms with Crippen LogP contribution in [0.15, 0.2) is 46.2 Å². The maximum absolute atomic E-state index is 9.75. The van der Waals surface area contributed by atoms with Gasteiger partial charge >= 0.3 is 7.25 Å². The van der Waals surface area contributed by atoms with Crippen LogP contribution >= 0.6 is 0 Å². The highest BCUT2D eigenvalue weighted by Gasteiger charge is 2.26. The Balaban J connectivity index is 0.000000505. The van der Waals surface area contributed by atoms with Gasteiger partial charge in [0.25, 0.3) is 0 Å². The second kappa shape index (κ2) is 8.61. The molecule has 0 aliphatic rings. The summed E-state index contributed by atoms with van der Waals surface area (Å²) in [5.74, 6) is 1.17. The molecule has 132 valence electrons. The standard InChI is InChI=1S/C18H23S.BF4/c1-6-19(17-10-8-7-9-11-17)18-12-13(2)14(3)15(4)16(18)5;2-1(3,4)5/h7-12H,6H2,1-5H3;/q+1;-1. The number of halogens is 4. The zero-order chi connectivity index (χ0) is 18.5. The van der Waals surface area contributed by atoms with Crippen molar-refractivity contribution < 1.29 is 17.3 Å². The van der Waals surface area contributed by atoms with Crippen LogP contribution in [0, 0.1) is 27.7 Å². The van der Waals surface area contributed by atoms with Crippen LogP contribution in [0.3, 0.4) is 0 Å². The molecule has 0 nitrogen and oxygen atoms in total. The number of benzene rings is 2. The van der Waals surface area contributed by atoms with Crippen molar-refractivity contribution >= 4 is 18.1 Å². The molecule has 0 radical (unpaired) electrons. The molecule has 0 fully saturated rings. The molecule has 1 atom stereocenters. The Labute approximate surface area is 144 Å². The van der Waals surface area contributed by atoms with Crippen LogP contribution in [0.4, 0.5) is 17.3 Å². The summed E-state index contributed by atoms with van der Waals surface area (Å²) in [6, 6.07) is 13.3. The van der Waals surface area contributed by atoms with Crippen molar-refractivity contribution in [1.29, 1.82) is 0 Å². The van der Waals surface area contributed by atoms with E-state index in [0.717, 1.165) is 0 Å². The topological polar surface area (TPSA) is 0 Å². The van der Waals surface area contributed by atoms with E-state index in [1.807, 2.05) is 0 Å². The highest BCUT2D eigenvalue weighted by Crippen LogP contribution is 2.30. The lowest BCUT2D eigenvalue weighted by Gasteiger charge is -2.14. The minimum Gasteiger partial charge on any atom is -0.418 e. The molecular formula is C18H23BF4S. The van der Waals surface area contributed by atoms with Crippen LogP contribution in [0.5, 0.6) is 0 Å². The van der Waals surface area contributed by atoms with Crippen LogP contribution in [0.1, 0.15) is 29.2 Å². The van der Waals surface area contributed by atoms with Gasteiger partial charge in [0.05, 0.1) is 10.9 Å². The third kappa shape index (κ3) is 5.89. The first-order valence-electron chi connectivity index (χ1n) is 7.76. The summed E-state index contributed by atoms with van der Waals surface area (Å²) in [5, 5.41) is 0. The zero-order valence-electron chi connectivity index (χ0n) is 14.7. The fourth-order valence-electron chi connectivity index (χ4n) is 2.46. The molecule has 0 amide bonds. The molecule has 24 heavy (non-hydrogen) atoms. The second-order valence-corrected chi connectivity index (χ2v) is 7.82. The summed E-state index contributed by atoms with van der Waals surface area (Å²) in [4.78, 5) is 2.98. The molecule has 0 bridgehead atoms. The van der Waals surface area contributed by atoms with Crippen LogP contribution in [0.25, 0.3) is 0 Å². The van der Waals surface area contributed by atoms with Gasteiger partial charge in [-0.25, -0.2) is 0 Å². The van der Waals surface area contributed by atoms with Gasteiger partial charge in [0, 0.05) is 5.56 Å². The summed E-state index contributed by atoms with van der Waals surface area (Å²) in [6.45, 7) is 11.3. The van der Waals surface area contributed by atoms with Crippen molar-refractivity contribution in [2.45, 2.75) is 44.4 Å². The van der Waals surface area contributed by atoms with E-state index in [2.05, 4.69) is 71.0 Å². The molecule has 2 aromatic rings. The maximum atomic E-state index is 9.75. The van der Waals surface area contributed by atoms with Gasteiger partial charge in [-0.05, 0) is 69.5 Å². The Kier molecular flexibility index (Phi) is 7.39. The Morgan fingerprint density at radius 2 is 1.33 bits per heavy atom. The fourth-order valence-corrected chi connectivity index (χ4v) is 4.69. The molecule has 0 aromatic heterocycles. The van der Waals surface area contributed by atoms with Gasteiger partial charge in [0.2, 0.25) is 0 Å². The molecule has 0 N–H and O–H groups in total. The van der Waals surface area contributed by atoms with Gasteiger partial charge in [-0.3, -0.25) is 0 Å².